The average molecular weight is 437 g/mol. The monoisotopic (exact) mass is 436 g/mol. The summed E-state index contributed by atoms with van der Waals surface area (Å²) in [5.74, 6) is 1.19. The largest absolute Gasteiger partial charge is 0.412 e. The predicted molar refractivity (Wildman–Crippen MR) is 114 cm³/mol. The number of allylic oxidation sites excluding steroid dienone is 2. The molecule has 4 unspecified atom stereocenters. The molecule has 1 aliphatic heterocycles. The number of likely N-dealkylation sites (tertiary alicyclic amines) is 1. The number of alkyl halides is 3. The maximum atomic E-state index is 13.6. The third-order valence-electron chi connectivity index (χ3n) is 8.28. The van der Waals surface area contributed by atoms with Gasteiger partial charge in [0.25, 0.3) is 0 Å². The average Bonchev–Trinajstić information content (AvgIpc) is 2.76. The van der Waals surface area contributed by atoms with Crippen molar-refractivity contribution in [2.24, 2.45) is 23.7 Å². The fourth-order valence-corrected chi connectivity index (χ4v) is 6.58. The first-order valence-corrected chi connectivity index (χ1v) is 12.1. The van der Waals surface area contributed by atoms with Crippen LogP contribution >= 0.6 is 0 Å². The van der Waals surface area contributed by atoms with Crippen molar-refractivity contribution in [1.82, 2.24) is 4.90 Å². The fourth-order valence-electron chi connectivity index (χ4n) is 6.58. The van der Waals surface area contributed by atoms with E-state index in [4.69, 9.17) is 5.26 Å². The standard InChI is InChI=1S/C25H35F3N2O/c26-25(27,28)22-7-3-1-6-20(22)16-30-23-8-4-2-5-19(23)14-21(24(30)31)13-17-9-11-18(15-29)12-10-17/h2,4,17-19,21,23-24,31H,1,3,5-14,16H2. The van der Waals surface area contributed by atoms with E-state index in [1.165, 1.54) is 0 Å². The normalized spacial score (nSPS) is 37.4. The highest BCUT2D eigenvalue weighted by atomic mass is 19.4. The molecule has 0 aromatic heterocycles. The number of aliphatic hydroxyl groups is 1. The summed E-state index contributed by atoms with van der Waals surface area (Å²) in [6, 6.07) is 2.51. The Morgan fingerprint density at radius 3 is 2.48 bits per heavy atom. The van der Waals surface area contributed by atoms with Crippen LogP contribution in [0, 0.1) is 35.0 Å². The van der Waals surface area contributed by atoms with Crippen molar-refractivity contribution in [3.63, 3.8) is 0 Å². The minimum Gasteiger partial charge on any atom is -0.378 e. The molecule has 31 heavy (non-hydrogen) atoms. The second kappa shape index (κ2) is 9.67. The molecule has 6 heteroatoms. The summed E-state index contributed by atoms with van der Waals surface area (Å²) >= 11 is 0. The van der Waals surface area contributed by atoms with E-state index < -0.39 is 12.4 Å². The summed E-state index contributed by atoms with van der Waals surface area (Å²) in [6.07, 6.45) is 8.98. The third kappa shape index (κ3) is 5.20. The molecule has 1 heterocycles. The molecule has 0 aromatic rings. The predicted octanol–water partition coefficient (Wildman–Crippen LogP) is 6.11. The highest BCUT2D eigenvalue weighted by Crippen LogP contribution is 2.44. The van der Waals surface area contributed by atoms with Crippen LogP contribution in [0.3, 0.4) is 0 Å². The molecular weight excluding hydrogens is 401 g/mol. The number of rotatable bonds is 4. The molecule has 0 radical (unpaired) electrons. The van der Waals surface area contributed by atoms with E-state index >= 15 is 0 Å². The first-order chi connectivity index (χ1) is 14.9. The minimum absolute atomic E-state index is 0.106. The highest BCUT2D eigenvalue weighted by Gasteiger charge is 2.44. The molecule has 3 aliphatic carbocycles. The van der Waals surface area contributed by atoms with E-state index in [0.29, 0.717) is 30.3 Å². The molecule has 3 nitrogen and oxygen atoms in total. The van der Waals surface area contributed by atoms with E-state index in [1.54, 1.807) is 0 Å². The summed E-state index contributed by atoms with van der Waals surface area (Å²) in [5, 5.41) is 20.5. The summed E-state index contributed by atoms with van der Waals surface area (Å²) in [4.78, 5) is 2.02. The lowest BCUT2D eigenvalue weighted by Gasteiger charge is -2.50. The van der Waals surface area contributed by atoms with Crippen molar-refractivity contribution in [3.05, 3.63) is 23.3 Å². The highest BCUT2D eigenvalue weighted by molar-refractivity contribution is 5.23. The van der Waals surface area contributed by atoms with Gasteiger partial charge in [-0.15, -0.1) is 0 Å². The molecule has 4 aliphatic rings. The zero-order valence-electron chi connectivity index (χ0n) is 18.3. The van der Waals surface area contributed by atoms with E-state index in [-0.39, 0.29) is 36.4 Å². The molecule has 4 rings (SSSR count). The van der Waals surface area contributed by atoms with Gasteiger partial charge in [-0.2, -0.15) is 18.4 Å². The van der Waals surface area contributed by atoms with Crippen molar-refractivity contribution in [2.45, 2.75) is 95.5 Å². The van der Waals surface area contributed by atoms with Crippen LogP contribution in [0.1, 0.15) is 77.0 Å². The van der Waals surface area contributed by atoms with Gasteiger partial charge in [-0.05, 0) is 100 Å². The Morgan fingerprint density at radius 1 is 1.06 bits per heavy atom. The van der Waals surface area contributed by atoms with Gasteiger partial charge in [-0.1, -0.05) is 12.2 Å². The van der Waals surface area contributed by atoms with Crippen molar-refractivity contribution in [3.8, 4) is 6.07 Å². The van der Waals surface area contributed by atoms with Gasteiger partial charge in [0, 0.05) is 24.1 Å². The van der Waals surface area contributed by atoms with Crippen LogP contribution in [0.5, 0.6) is 0 Å². The van der Waals surface area contributed by atoms with E-state index in [2.05, 4.69) is 18.2 Å². The molecular formula is C25H35F3N2O. The Balaban J connectivity index is 1.51. The Morgan fingerprint density at radius 2 is 1.77 bits per heavy atom. The Kier molecular flexibility index (Phi) is 7.13. The number of fused-ring (bicyclic) bond motifs is 1. The van der Waals surface area contributed by atoms with Gasteiger partial charge in [0.05, 0.1) is 6.07 Å². The summed E-state index contributed by atoms with van der Waals surface area (Å²) in [6.45, 7) is 0.253. The maximum absolute atomic E-state index is 13.6. The minimum atomic E-state index is -4.26. The lowest BCUT2D eigenvalue weighted by atomic mass is 9.71. The lowest BCUT2D eigenvalue weighted by Crippen LogP contribution is -2.56. The van der Waals surface area contributed by atoms with Crippen LogP contribution in [0.4, 0.5) is 13.2 Å². The van der Waals surface area contributed by atoms with Gasteiger partial charge in [0.2, 0.25) is 0 Å². The lowest BCUT2D eigenvalue weighted by molar-refractivity contribution is -0.121. The second-order valence-electron chi connectivity index (χ2n) is 10.2. The van der Waals surface area contributed by atoms with Crippen molar-refractivity contribution in [1.29, 1.82) is 5.26 Å². The topological polar surface area (TPSA) is 47.3 Å². The molecule has 1 N–H and O–H groups in total. The number of aliphatic hydroxyl groups excluding tert-OH is 1. The number of halogens is 3. The molecule has 172 valence electrons. The van der Waals surface area contributed by atoms with Crippen LogP contribution in [0.25, 0.3) is 0 Å². The Bertz CT molecular complexity index is 730. The molecule has 0 aromatic carbocycles. The summed E-state index contributed by atoms with van der Waals surface area (Å²) in [7, 11) is 0. The number of piperidine rings is 1. The first-order valence-electron chi connectivity index (χ1n) is 12.1. The zero-order valence-corrected chi connectivity index (χ0v) is 18.3. The third-order valence-corrected chi connectivity index (χ3v) is 8.28. The smallest absolute Gasteiger partial charge is 0.378 e. The summed E-state index contributed by atoms with van der Waals surface area (Å²) in [5.41, 5.74) is 0.159. The molecule has 0 amide bonds. The Hall–Kier alpha value is -1.32. The van der Waals surface area contributed by atoms with E-state index in [1.807, 2.05) is 4.90 Å². The Labute approximate surface area is 184 Å². The van der Waals surface area contributed by atoms with Gasteiger partial charge in [0.15, 0.2) is 0 Å². The fraction of sp³-hybridized carbons (Fsp3) is 0.800. The van der Waals surface area contributed by atoms with Crippen LogP contribution in [-0.2, 0) is 0 Å². The number of nitrogens with zero attached hydrogens (tertiary/aromatic N) is 2. The molecule has 0 spiro atoms. The number of nitriles is 1. The SMILES string of the molecule is N#CC1CCC(CC2CC3CC=CCC3N(CC3=C(C(F)(F)F)CCCC3)C2O)CC1. The van der Waals surface area contributed by atoms with E-state index in [9.17, 15) is 18.3 Å². The number of hydrogen-bond acceptors (Lipinski definition) is 3. The van der Waals surface area contributed by atoms with Gasteiger partial charge in [0.1, 0.15) is 6.23 Å². The quantitative estimate of drug-likeness (QED) is 0.541. The molecule has 0 bridgehead atoms. The second-order valence-corrected chi connectivity index (χ2v) is 10.2. The molecule has 4 atom stereocenters. The van der Waals surface area contributed by atoms with Gasteiger partial charge in [-0.25, -0.2) is 0 Å². The molecule has 2 fully saturated rings. The molecule has 1 saturated heterocycles. The number of hydrogen-bond donors (Lipinski definition) is 1. The summed E-state index contributed by atoms with van der Waals surface area (Å²) < 4.78 is 40.9. The first kappa shape index (κ1) is 22.9. The van der Waals surface area contributed by atoms with Crippen LogP contribution < -0.4 is 0 Å². The van der Waals surface area contributed by atoms with E-state index in [0.717, 1.165) is 57.8 Å². The maximum Gasteiger partial charge on any atom is 0.412 e. The van der Waals surface area contributed by atoms with Gasteiger partial charge >= 0.3 is 6.18 Å². The zero-order chi connectivity index (χ0) is 22.0. The van der Waals surface area contributed by atoms with Crippen molar-refractivity contribution < 1.29 is 18.3 Å². The van der Waals surface area contributed by atoms with Crippen LogP contribution in [-0.4, -0.2) is 35.0 Å². The van der Waals surface area contributed by atoms with Crippen molar-refractivity contribution >= 4 is 0 Å². The van der Waals surface area contributed by atoms with Gasteiger partial charge < -0.3 is 5.11 Å². The van der Waals surface area contributed by atoms with Gasteiger partial charge in [-0.3, -0.25) is 4.90 Å². The molecule has 1 saturated carbocycles. The van der Waals surface area contributed by atoms with Crippen LogP contribution in [0.15, 0.2) is 23.3 Å². The van der Waals surface area contributed by atoms with Crippen molar-refractivity contribution in [2.75, 3.05) is 6.54 Å². The van der Waals surface area contributed by atoms with Crippen LogP contribution in [0.2, 0.25) is 0 Å².